The second-order valence-electron chi connectivity index (χ2n) is 4.51. The van der Waals surface area contributed by atoms with Crippen molar-refractivity contribution in [2.75, 3.05) is 0 Å². The lowest BCUT2D eigenvalue weighted by Crippen LogP contribution is -1.90. The highest BCUT2D eigenvalue weighted by Gasteiger charge is 2.11. The Hall–Kier alpha value is -2.77. The van der Waals surface area contributed by atoms with E-state index in [2.05, 4.69) is 15.3 Å². The van der Waals surface area contributed by atoms with Crippen LogP contribution >= 0.6 is 0 Å². The molecule has 110 valence electrons. The van der Waals surface area contributed by atoms with Gasteiger partial charge < -0.3 is 5.11 Å². The van der Waals surface area contributed by atoms with E-state index >= 15 is 0 Å². The average Bonchev–Trinajstić information content (AvgIpc) is 2.78. The summed E-state index contributed by atoms with van der Waals surface area (Å²) < 4.78 is 1.63. The fourth-order valence-electron chi connectivity index (χ4n) is 1.83. The van der Waals surface area contributed by atoms with Crippen LogP contribution < -0.4 is 0 Å². The maximum Gasteiger partial charge on any atom is 0.271 e. The standard InChI is InChI=1S/C13H15N5O3/c1-3-4-10-12(8-17(2)16-10)15-14-11-7-9(18(20)21)5-6-13(11)19/h5-8,19H,3-4H2,1-2H3. The van der Waals surface area contributed by atoms with Crippen LogP contribution in [0.1, 0.15) is 19.0 Å². The number of phenols is 1. The Morgan fingerprint density at radius 2 is 2.10 bits per heavy atom. The Bertz CT molecular complexity index is 693. The maximum atomic E-state index is 10.7. The first-order chi connectivity index (χ1) is 10.0. The molecule has 0 bridgehead atoms. The third kappa shape index (κ3) is 3.41. The third-order valence-electron chi connectivity index (χ3n) is 2.81. The number of aryl methyl sites for hydroxylation is 2. The smallest absolute Gasteiger partial charge is 0.271 e. The summed E-state index contributed by atoms with van der Waals surface area (Å²) in [6, 6.07) is 3.61. The summed E-state index contributed by atoms with van der Waals surface area (Å²) in [6.07, 6.45) is 3.39. The fourth-order valence-corrected chi connectivity index (χ4v) is 1.83. The number of rotatable bonds is 5. The first-order valence-electron chi connectivity index (χ1n) is 6.43. The molecule has 2 aromatic rings. The van der Waals surface area contributed by atoms with Crippen molar-refractivity contribution in [2.45, 2.75) is 19.8 Å². The molecule has 1 N–H and O–H groups in total. The predicted octanol–water partition coefficient (Wildman–Crippen LogP) is 3.40. The van der Waals surface area contributed by atoms with Crippen LogP contribution in [-0.4, -0.2) is 19.8 Å². The molecule has 0 unspecified atom stereocenters. The zero-order chi connectivity index (χ0) is 15.4. The van der Waals surface area contributed by atoms with E-state index in [0.29, 0.717) is 5.69 Å². The molecule has 8 nitrogen and oxygen atoms in total. The van der Waals surface area contributed by atoms with Crippen LogP contribution in [0.3, 0.4) is 0 Å². The molecule has 0 radical (unpaired) electrons. The predicted molar refractivity (Wildman–Crippen MR) is 76.1 cm³/mol. The summed E-state index contributed by atoms with van der Waals surface area (Å²) in [7, 11) is 1.78. The van der Waals surface area contributed by atoms with E-state index in [9.17, 15) is 15.2 Å². The molecule has 1 aromatic carbocycles. The topological polar surface area (TPSA) is 106 Å². The molecule has 0 atom stereocenters. The highest BCUT2D eigenvalue weighted by Crippen LogP contribution is 2.32. The van der Waals surface area contributed by atoms with Crippen LogP contribution in [0.2, 0.25) is 0 Å². The minimum atomic E-state index is -0.551. The van der Waals surface area contributed by atoms with Gasteiger partial charge in [-0.15, -0.1) is 10.2 Å². The SMILES string of the molecule is CCCc1nn(C)cc1N=Nc1cc([N+](=O)[O-])ccc1O. The lowest BCUT2D eigenvalue weighted by atomic mass is 10.2. The number of hydrogen-bond acceptors (Lipinski definition) is 6. The molecule has 8 heteroatoms. The Kier molecular flexibility index (Phi) is 4.27. The molecule has 0 aliphatic heterocycles. The van der Waals surface area contributed by atoms with Gasteiger partial charge in [-0.05, 0) is 12.5 Å². The minimum Gasteiger partial charge on any atom is -0.506 e. The summed E-state index contributed by atoms with van der Waals surface area (Å²) in [5, 5.41) is 32.6. The monoisotopic (exact) mass is 289 g/mol. The van der Waals surface area contributed by atoms with E-state index in [-0.39, 0.29) is 17.1 Å². The number of hydrogen-bond donors (Lipinski definition) is 1. The van der Waals surface area contributed by atoms with Gasteiger partial charge in [0.15, 0.2) is 0 Å². The third-order valence-corrected chi connectivity index (χ3v) is 2.81. The van der Waals surface area contributed by atoms with Crippen molar-refractivity contribution in [1.82, 2.24) is 9.78 Å². The molecule has 0 aliphatic carbocycles. The highest BCUT2D eigenvalue weighted by molar-refractivity contribution is 5.57. The van der Waals surface area contributed by atoms with Crippen molar-refractivity contribution < 1.29 is 10.0 Å². The second-order valence-corrected chi connectivity index (χ2v) is 4.51. The van der Waals surface area contributed by atoms with E-state index < -0.39 is 4.92 Å². The van der Waals surface area contributed by atoms with Crippen LogP contribution in [0.5, 0.6) is 5.75 Å². The molecule has 0 amide bonds. The van der Waals surface area contributed by atoms with Crippen molar-refractivity contribution in [3.8, 4) is 5.75 Å². The van der Waals surface area contributed by atoms with Crippen LogP contribution in [0.15, 0.2) is 34.6 Å². The first-order valence-corrected chi connectivity index (χ1v) is 6.43. The van der Waals surface area contributed by atoms with Crippen molar-refractivity contribution in [1.29, 1.82) is 0 Å². The van der Waals surface area contributed by atoms with E-state index in [1.165, 1.54) is 18.2 Å². The fraction of sp³-hybridized carbons (Fsp3) is 0.308. The molecule has 21 heavy (non-hydrogen) atoms. The normalized spacial score (nSPS) is 11.1. The second kappa shape index (κ2) is 6.12. The summed E-state index contributed by atoms with van der Waals surface area (Å²) in [4.78, 5) is 10.2. The highest BCUT2D eigenvalue weighted by atomic mass is 16.6. The molecule has 2 rings (SSSR count). The Morgan fingerprint density at radius 1 is 1.38 bits per heavy atom. The van der Waals surface area contributed by atoms with Crippen LogP contribution in [0.25, 0.3) is 0 Å². The molecule has 0 aliphatic rings. The number of nitro groups is 1. The first kappa shape index (κ1) is 14.6. The molecular formula is C13H15N5O3. The maximum absolute atomic E-state index is 10.7. The Morgan fingerprint density at radius 3 is 2.76 bits per heavy atom. The van der Waals surface area contributed by atoms with Gasteiger partial charge in [-0.25, -0.2) is 0 Å². The van der Waals surface area contributed by atoms with Crippen molar-refractivity contribution in [3.63, 3.8) is 0 Å². The van der Waals surface area contributed by atoms with E-state index in [4.69, 9.17) is 0 Å². The summed E-state index contributed by atoms with van der Waals surface area (Å²) in [5.41, 5.74) is 1.29. The van der Waals surface area contributed by atoms with Gasteiger partial charge in [-0.3, -0.25) is 14.8 Å². The average molecular weight is 289 g/mol. The lowest BCUT2D eigenvalue weighted by molar-refractivity contribution is -0.384. The van der Waals surface area contributed by atoms with Gasteiger partial charge in [0, 0.05) is 19.2 Å². The van der Waals surface area contributed by atoms with Gasteiger partial charge in [0.2, 0.25) is 0 Å². The number of azo groups is 1. The Balaban J connectivity index is 2.33. The number of aromatic hydroxyl groups is 1. The molecule has 0 saturated carbocycles. The minimum absolute atomic E-state index is 0.0514. The molecule has 1 aromatic heterocycles. The zero-order valence-electron chi connectivity index (χ0n) is 11.7. The largest absolute Gasteiger partial charge is 0.506 e. The van der Waals surface area contributed by atoms with E-state index in [1.54, 1.807) is 17.9 Å². The quantitative estimate of drug-likeness (QED) is 0.517. The molecular weight excluding hydrogens is 274 g/mol. The van der Waals surface area contributed by atoms with Crippen LogP contribution in [0.4, 0.5) is 17.1 Å². The van der Waals surface area contributed by atoms with Crippen LogP contribution in [0, 0.1) is 10.1 Å². The number of benzene rings is 1. The van der Waals surface area contributed by atoms with Crippen LogP contribution in [-0.2, 0) is 13.5 Å². The number of aromatic nitrogens is 2. The van der Waals surface area contributed by atoms with Gasteiger partial charge in [-0.1, -0.05) is 13.3 Å². The van der Waals surface area contributed by atoms with Crippen molar-refractivity contribution in [2.24, 2.45) is 17.3 Å². The van der Waals surface area contributed by atoms with E-state index in [0.717, 1.165) is 18.5 Å². The summed E-state index contributed by atoms with van der Waals surface area (Å²) in [5.74, 6) is -0.162. The number of non-ortho nitro benzene ring substituents is 1. The zero-order valence-corrected chi connectivity index (χ0v) is 11.7. The summed E-state index contributed by atoms with van der Waals surface area (Å²) >= 11 is 0. The lowest BCUT2D eigenvalue weighted by Gasteiger charge is -1.98. The Labute approximate surface area is 120 Å². The van der Waals surface area contributed by atoms with Crippen molar-refractivity contribution in [3.05, 3.63) is 40.2 Å². The molecule has 1 heterocycles. The van der Waals surface area contributed by atoms with Gasteiger partial charge in [0.05, 0.1) is 16.8 Å². The number of phenolic OH excluding ortho intramolecular Hbond substituents is 1. The van der Waals surface area contributed by atoms with Gasteiger partial charge in [0.25, 0.3) is 5.69 Å². The number of nitrogens with zero attached hydrogens (tertiary/aromatic N) is 5. The molecule has 0 fully saturated rings. The van der Waals surface area contributed by atoms with Crippen molar-refractivity contribution >= 4 is 17.1 Å². The summed E-state index contributed by atoms with van der Waals surface area (Å²) in [6.45, 7) is 2.03. The molecule has 0 saturated heterocycles. The molecule has 0 spiro atoms. The van der Waals surface area contributed by atoms with Gasteiger partial charge >= 0.3 is 0 Å². The van der Waals surface area contributed by atoms with Gasteiger partial charge in [0.1, 0.15) is 17.1 Å². The van der Waals surface area contributed by atoms with Gasteiger partial charge in [-0.2, -0.15) is 5.10 Å². The number of nitro benzene ring substituents is 1. The van der Waals surface area contributed by atoms with E-state index in [1.807, 2.05) is 6.92 Å².